The number of benzene rings is 1. The van der Waals surface area contributed by atoms with Gasteiger partial charge in [0.05, 0.1) is 11.1 Å². The molecule has 2 aromatic heterocycles. The van der Waals surface area contributed by atoms with Crippen LogP contribution in [0.5, 0.6) is 0 Å². The number of nitrogens with zero attached hydrogens (tertiary/aromatic N) is 2. The Labute approximate surface area is 155 Å². The second kappa shape index (κ2) is 7.17. The van der Waals surface area contributed by atoms with Crippen molar-refractivity contribution in [2.45, 2.75) is 26.4 Å². The lowest BCUT2D eigenvalue weighted by Gasteiger charge is -2.17. The zero-order valence-electron chi connectivity index (χ0n) is 14.7. The highest BCUT2D eigenvalue weighted by Crippen LogP contribution is 2.25. The van der Waals surface area contributed by atoms with Gasteiger partial charge >= 0.3 is 5.97 Å². The monoisotopic (exact) mass is 366 g/mol. The molecule has 0 aliphatic heterocycles. The molecule has 0 N–H and O–H groups in total. The molecule has 2 heterocycles. The maximum absolute atomic E-state index is 12.2. The van der Waals surface area contributed by atoms with E-state index < -0.39 is 11.6 Å². The van der Waals surface area contributed by atoms with E-state index in [1.54, 1.807) is 30.5 Å². The van der Waals surface area contributed by atoms with Crippen LogP contribution < -0.4 is 5.56 Å². The van der Waals surface area contributed by atoms with Crippen molar-refractivity contribution in [2.75, 3.05) is 0 Å². The van der Waals surface area contributed by atoms with Gasteiger partial charge in [0.25, 0.3) is 5.56 Å². The fourth-order valence-corrected chi connectivity index (χ4v) is 3.25. The number of hydrogen-bond donors (Lipinski definition) is 0. The topological polar surface area (TPSA) is 69.2 Å². The van der Waals surface area contributed by atoms with Crippen molar-refractivity contribution in [3.05, 3.63) is 64.6 Å². The number of rotatable bonds is 3. The van der Waals surface area contributed by atoms with E-state index >= 15 is 0 Å². The fraction of sp³-hybridized carbons (Fsp3) is 0.200. The minimum Gasteiger partial charge on any atom is -0.457 e. The molecule has 26 heavy (non-hydrogen) atoms. The Kier molecular flexibility index (Phi) is 4.95. The van der Waals surface area contributed by atoms with Crippen molar-refractivity contribution >= 4 is 33.5 Å². The number of carbonyl (C=O) groups excluding carboxylic acids is 1. The third-order valence-electron chi connectivity index (χ3n) is 3.35. The van der Waals surface area contributed by atoms with Crippen LogP contribution in [0.1, 0.15) is 26.3 Å². The van der Waals surface area contributed by atoms with Gasteiger partial charge in [0.15, 0.2) is 0 Å². The molecule has 3 aromatic rings. The molecule has 132 valence electrons. The number of hydrogen-bond acceptors (Lipinski definition) is 6. The summed E-state index contributed by atoms with van der Waals surface area (Å²) in [5, 5.41) is 1.14. The molecule has 0 saturated heterocycles. The Morgan fingerprint density at radius 3 is 2.73 bits per heavy atom. The standard InChI is InChI=1S/C20H18N2O3S/c1-20(2,3)25-17(23)9-8-13-10-11-21-15(12-13)19-22-18(24)14-6-4-5-7-16(14)26-19/h4-12H,1-3H3/b9-8+. The third kappa shape index (κ3) is 4.40. The first kappa shape index (κ1) is 17.9. The SMILES string of the molecule is CC(C)(C)OC(=O)/C=C/c1ccnc(-c2nc(=O)c3ccccc3s2)c1. The van der Waals surface area contributed by atoms with Gasteiger partial charge in [-0.15, -0.1) is 11.3 Å². The van der Waals surface area contributed by atoms with Crippen molar-refractivity contribution in [1.29, 1.82) is 0 Å². The highest BCUT2D eigenvalue weighted by Gasteiger charge is 2.14. The largest absolute Gasteiger partial charge is 0.457 e. The summed E-state index contributed by atoms with van der Waals surface area (Å²) in [5.41, 5.74) is 0.553. The Bertz CT molecular complexity index is 1050. The van der Waals surface area contributed by atoms with Crippen LogP contribution in [0.15, 0.2) is 53.5 Å². The summed E-state index contributed by atoms with van der Waals surface area (Å²) in [4.78, 5) is 32.4. The van der Waals surface area contributed by atoms with E-state index in [1.807, 2.05) is 39.0 Å². The molecule has 0 bridgehead atoms. The molecule has 0 unspecified atom stereocenters. The first-order chi connectivity index (χ1) is 12.3. The van der Waals surface area contributed by atoms with Gasteiger partial charge in [-0.05, 0) is 56.7 Å². The summed E-state index contributed by atoms with van der Waals surface area (Å²) < 4.78 is 6.11. The lowest BCUT2D eigenvalue weighted by Crippen LogP contribution is -2.22. The van der Waals surface area contributed by atoms with Crippen LogP contribution in [-0.2, 0) is 9.53 Å². The zero-order chi connectivity index (χ0) is 18.7. The summed E-state index contributed by atoms with van der Waals surface area (Å²) in [6.45, 7) is 5.45. The van der Waals surface area contributed by atoms with Gasteiger partial charge < -0.3 is 4.74 Å². The summed E-state index contributed by atoms with van der Waals surface area (Å²) in [6, 6.07) is 10.9. The Balaban J connectivity index is 1.90. The second-order valence-electron chi connectivity index (χ2n) is 6.66. The predicted molar refractivity (Wildman–Crippen MR) is 104 cm³/mol. The second-order valence-corrected chi connectivity index (χ2v) is 7.69. The molecule has 5 nitrogen and oxygen atoms in total. The number of ether oxygens (including phenoxy) is 1. The molecule has 0 fully saturated rings. The van der Waals surface area contributed by atoms with E-state index in [0.29, 0.717) is 16.1 Å². The quantitative estimate of drug-likeness (QED) is 0.516. The summed E-state index contributed by atoms with van der Waals surface area (Å²) in [5.74, 6) is -0.413. The average Bonchev–Trinajstić information content (AvgIpc) is 2.59. The van der Waals surface area contributed by atoms with Crippen LogP contribution in [-0.4, -0.2) is 21.5 Å². The van der Waals surface area contributed by atoms with Crippen molar-refractivity contribution in [1.82, 2.24) is 9.97 Å². The lowest BCUT2D eigenvalue weighted by atomic mass is 10.2. The van der Waals surface area contributed by atoms with Gasteiger partial charge in [0.1, 0.15) is 10.6 Å². The van der Waals surface area contributed by atoms with Gasteiger partial charge in [0, 0.05) is 17.0 Å². The third-order valence-corrected chi connectivity index (χ3v) is 4.42. The van der Waals surface area contributed by atoms with E-state index in [-0.39, 0.29) is 5.56 Å². The number of pyridine rings is 1. The van der Waals surface area contributed by atoms with E-state index in [4.69, 9.17) is 4.74 Å². The zero-order valence-corrected chi connectivity index (χ0v) is 15.5. The minimum absolute atomic E-state index is 0.272. The molecule has 6 heteroatoms. The lowest BCUT2D eigenvalue weighted by molar-refractivity contribution is -0.148. The maximum atomic E-state index is 12.2. The molecule has 0 aliphatic carbocycles. The molecular formula is C20H18N2O3S. The smallest absolute Gasteiger partial charge is 0.331 e. The van der Waals surface area contributed by atoms with Crippen LogP contribution in [0.2, 0.25) is 0 Å². The first-order valence-corrected chi connectivity index (χ1v) is 8.91. The minimum atomic E-state index is -0.536. The molecule has 0 amide bonds. The van der Waals surface area contributed by atoms with Crippen LogP contribution >= 0.6 is 11.3 Å². The molecule has 0 aliphatic rings. The van der Waals surface area contributed by atoms with E-state index in [0.717, 1.165) is 10.3 Å². The van der Waals surface area contributed by atoms with E-state index in [9.17, 15) is 9.59 Å². The Morgan fingerprint density at radius 1 is 1.19 bits per heavy atom. The normalized spacial score (nSPS) is 11.8. The Hall–Kier alpha value is -2.86. The number of carbonyl (C=O) groups is 1. The molecule has 0 saturated carbocycles. The van der Waals surface area contributed by atoms with Crippen molar-refractivity contribution in [3.63, 3.8) is 0 Å². The van der Waals surface area contributed by atoms with Crippen molar-refractivity contribution in [3.8, 4) is 10.7 Å². The number of esters is 1. The molecule has 0 spiro atoms. The van der Waals surface area contributed by atoms with Crippen molar-refractivity contribution < 1.29 is 9.53 Å². The van der Waals surface area contributed by atoms with Crippen LogP contribution in [0, 0.1) is 0 Å². The molecule has 3 rings (SSSR count). The van der Waals surface area contributed by atoms with Gasteiger partial charge in [-0.3, -0.25) is 9.78 Å². The molecule has 0 atom stereocenters. The van der Waals surface area contributed by atoms with Gasteiger partial charge in [-0.2, -0.15) is 4.98 Å². The highest BCUT2D eigenvalue weighted by molar-refractivity contribution is 7.21. The van der Waals surface area contributed by atoms with Gasteiger partial charge in [-0.1, -0.05) is 12.1 Å². The fourth-order valence-electron chi connectivity index (χ4n) is 2.29. The summed E-state index contributed by atoms with van der Waals surface area (Å²) in [6.07, 6.45) is 4.65. The maximum Gasteiger partial charge on any atom is 0.331 e. The number of aromatic nitrogens is 2. The highest BCUT2D eigenvalue weighted by atomic mass is 32.1. The van der Waals surface area contributed by atoms with Crippen LogP contribution in [0.25, 0.3) is 26.9 Å². The molecular weight excluding hydrogens is 348 g/mol. The van der Waals surface area contributed by atoms with Gasteiger partial charge in [-0.25, -0.2) is 4.79 Å². The van der Waals surface area contributed by atoms with Crippen molar-refractivity contribution in [2.24, 2.45) is 0 Å². The predicted octanol–water partition coefficient (Wildman–Crippen LogP) is 4.07. The van der Waals surface area contributed by atoms with E-state index in [2.05, 4.69) is 9.97 Å². The van der Waals surface area contributed by atoms with E-state index in [1.165, 1.54) is 17.4 Å². The Morgan fingerprint density at radius 2 is 1.96 bits per heavy atom. The van der Waals surface area contributed by atoms with Gasteiger partial charge in [0.2, 0.25) is 0 Å². The summed E-state index contributed by atoms with van der Waals surface area (Å²) in [7, 11) is 0. The van der Waals surface area contributed by atoms with Crippen LogP contribution in [0.3, 0.4) is 0 Å². The number of fused-ring (bicyclic) bond motifs is 1. The molecule has 1 aromatic carbocycles. The first-order valence-electron chi connectivity index (χ1n) is 8.09. The summed E-state index contributed by atoms with van der Waals surface area (Å²) >= 11 is 1.41. The van der Waals surface area contributed by atoms with Crippen LogP contribution in [0.4, 0.5) is 0 Å². The average molecular weight is 366 g/mol. The molecule has 0 radical (unpaired) electrons.